The van der Waals surface area contributed by atoms with Gasteiger partial charge in [-0.15, -0.1) is 0 Å². The Morgan fingerprint density at radius 2 is 2.13 bits per heavy atom. The summed E-state index contributed by atoms with van der Waals surface area (Å²) in [6.45, 7) is 1.14. The van der Waals surface area contributed by atoms with Crippen molar-refractivity contribution in [3.63, 3.8) is 0 Å². The zero-order valence-electron chi connectivity index (χ0n) is 12.6. The average Bonchev–Trinajstić information content (AvgIpc) is 2.45. The molecule has 0 radical (unpaired) electrons. The van der Waals surface area contributed by atoms with E-state index in [2.05, 4.69) is 9.71 Å². The van der Waals surface area contributed by atoms with Gasteiger partial charge in [-0.05, 0) is 25.0 Å². The minimum atomic E-state index is -3.29. The van der Waals surface area contributed by atoms with E-state index in [9.17, 15) is 17.2 Å². The van der Waals surface area contributed by atoms with Crippen LogP contribution in [0.15, 0.2) is 24.4 Å². The Labute approximate surface area is 133 Å². The van der Waals surface area contributed by atoms with Gasteiger partial charge in [0.15, 0.2) is 5.82 Å². The van der Waals surface area contributed by atoms with Gasteiger partial charge in [-0.1, -0.05) is 0 Å². The van der Waals surface area contributed by atoms with Crippen molar-refractivity contribution in [3.05, 3.63) is 36.0 Å². The number of anilines is 1. The monoisotopic (exact) mass is 341 g/mol. The fraction of sp³-hybridized carbons (Fsp3) is 0.400. The minimum absolute atomic E-state index is 0.113. The second-order valence-electron chi connectivity index (χ2n) is 5.79. The SMILES string of the molecule is CS(=O)(=O)NC1CCCN(c2ccnc3c(F)cc(F)cc23)C1. The van der Waals surface area contributed by atoms with Crippen molar-refractivity contribution in [2.75, 3.05) is 24.2 Å². The first-order valence-corrected chi connectivity index (χ1v) is 9.18. The van der Waals surface area contributed by atoms with Crippen LogP contribution in [0.25, 0.3) is 10.9 Å². The smallest absolute Gasteiger partial charge is 0.209 e. The molecule has 1 aliphatic rings. The molecule has 1 unspecified atom stereocenters. The van der Waals surface area contributed by atoms with Gasteiger partial charge in [-0.25, -0.2) is 21.9 Å². The van der Waals surface area contributed by atoms with Crippen LogP contribution in [0.1, 0.15) is 12.8 Å². The standard InChI is InChI=1S/C15H17F2N3O2S/c1-23(21,22)19-11-3-2-6-20(9-11)14-4-5-18-15-12(14)7-10(16)8-13(15)17/h4-5,7-8,11,19H,2-3,6,9H2,1H3. The molecule has 1 aliphatic heterocycles. The normalized spacial score (nSPS) is 19.3. The van der Waals surface area contributed by atoms with Crippen molar-refractivity contribution >= 4 is 26.6 Å². The molecule has 3 rings (SSSR count). The second kappa shape index (κ2) is 6.01. The lowest BCUT2D eigenvalue weighted by atomic mass is 10.0. The molecule has 2 aromatic rings. The first kappa shape index (κ1) is 16.1. The van der Waals surface area contributed by atoms with E-state index in [4.69, 9.17) is 0 Å². The summed E-state index contributed by atoms with van der Waals surface area (Å²) in [5.74, 6) is -1.36. The maximum Gasteiger partial charge on any atom is 0.209 e. The number of fused-ring (bicyclic) bond motifs is 1. The molecule has 1 atom stereocenters. The Hall–Kier alpha value is -1.80. The van der Waals surface area contributed by atoms with Crippen molar-refractivity contribution in [2.45, 2.75) is 18.9 Å². The molecule has 0 spiro atoms. The minimum Gasteiger partial charge on any atom is -0.369 e. The maximum atomic E-state index is 13.9. The Balaban J connectivity index is 1.96. The highest BCUT2D eigenvalue weighted by Gasteiger charge is 2.24. The van der Waals surface area contributed by atoms with E-state index >= 15 is 0 Å². The summed E-state index contributed by atoms with van der Waals surface area (Å²) in [7, 11) is -3.29. The number of nitrogens with zero attached hydrogens (tertiary/aromatic N) is 2. The highest BCUT2D eigenvalue weighted by Crippen LogP contribution is 2.30. The summed E-state index contributed by atoms with van der Waals surface area (Å²) in [6.07, 6.45) is 4.12. The summed E-state index contributed by atoms with van der Waals surface area (Å²) in [4.78, 5) is 5.92. The first-order chi connectivity index (χ1) is 10.8. The van der Waals surface area contributed by atoms with Crippen molar-refractivity contribution in [1.82, 2.24) is 9.71 Å². The Kier molecular flexibility index (Phi) is 4.20. The van der Waals surface area contributed by atoms with E-state index in [-0.39, 0.29) is 11.6 Å². The lowest BCUT2D eigenvalue weighted by molar-refractivity contribution is 0.468. The molecule has 1 aromatic carbocycles. The Bertz CT molecular complexity index is 842. The van der Waals surface area contributed by atoms with Gasteiger partial charge in [0.1, 0.15) is 11.3 Å². The van der Waals surface area contributed by atoms with Gasteiger partial charge in [0.25, 0.3) is 0 Å². The van der Waals surface area contributed by atoms with Gasteiger partial charge >= 0.3 is 0 Å². The predicted octanol–water partition coefficient (Wildman–Crippen LogP) is 2.03. The number of benzene rings is 1. The number of aromatic nitrogens is 1. The lowest BCUT2D eigenvalue weighted by Crippen LogP contribution is -2.47. The van der Waals surface area contributed by atoms with Crippen LogP contribution in [0.3, 0.4) is 0 Å². The zero-order valence-corrected chi connectivity index (χ0v) is 13.4. The van der Waals surface area contributed by atoms with Crippen LogP contribution in [-0.4, -0.2) is 38.8 Å². The van der Waals surface area contributed by atoms with Crippen molar-refractivity contribution in [2.24, 2.45) is 0 Å². The van der Waals surface area contributed by atoms with E-state index in [1.807, 2.05) is 4.90 Å². The predicted molar refractivity (Wildman–Crippen MR) is 84.9 cm³/mol. The van der Waals surface area contributed by atoms with Gasteiger partial charge < -0.3 is 4.90 Å². The summed E-state index contributed by atoms with van der Waals surface area (Å²) in [5.41, 5.74) is 0.774. The highest BCUT2D eigenvalue weighted by atomic mass is 32.2. The Morgan fingerprint density at radius 3 is 2.87 bits per heavy atom. The highest BCUT2D eigenvalue weighted by molar-refractivity contribution is 7.88. The molecule has 5 nitrogen and oxygen atoms in total. The number of nitrogens with one attached hydrogen (secondary N) is 1. The van der Waals surface area contributed by atoms with E-state index in [0.29, 0.717) is 24.2 Å². The van der Waals surface area contributed by atoms with Crippen LogP contribution in [0.4, 0.5) is 14.5 Å². The molecule has 1 N–H and O–H groups in total. The fourth-order valence-electron chi connectivity index (χ4n) is 3.04. The molecular weight excluding hydrogens is 324 g/mol. The van der Waals surface area contributed by atoms with E-state index in [0.717, 1.165) is 25.2 Å². The third kappa shape index (κ3) is 3.59. The maximum absolute atomic E-state index is 13.9. The van der Waals surface area contributed by atoms with Gasteiger partial charge in [0, 0.05) is 42.5 Å². The van der Waals surface area contributed by atoms with Crippen LogP contribution >= 0.6 is 0 Å². The number of pyridine rings is 1. The largest absolute Gasteiger partial charge is 0.369 e. The molecule has 8 heteroatoms. The van der Waals surface area contributed by atoms with Crippen LogP contribution < -0.4 is 9.62 Å². The molecule has 0 aliphatic carbocycles. The number of halogens is 2. The van der Waals surface area contributed by atoms with Gasteiger partial charge in [-0.2, -0.15) is 0 Å². The van der Waals surface area contributed by atoms with E-state index < -0.39 is 21.7 Å². The van der Waals surface area contributed by atoms with Crippen molar-refractivity contribution in [1.29, 1.82) is 0 Å². The molecular formula is C15H17F2N3O2S. The number of piperidine rings is 1. The molecule has 1 aromatic heterocycles. The van der Waals surface area contributed by atoms with Crippen LogP contribution in [-0.2, 0) is 10.0 Å². The molecule has 0 bridgehead atoms. The number of hydrogen-bond donors (Lipinski definition) is 1. The molecule has 0 saturated carbocycles. The summed E-state index contributed by atoms with van der Waals surface area (Å²) in [5, 5.41) is 0.394. The van der Waals surface area contributed by atoms with Crippen molar-refractivity contribution in [3.8, 4) is 0 Å². The summed E-state index contributed by atoms with van der Waals surface area (Å²) < 4.78 is 52.9. The third-order valence-corrected chi connectivity index (χ3v) is 4.64. The van der Waals surface area contributed by atoms with Gasteiger partial charge in [0.2, 0.25) is 10.0 Å². The molecule has 1 saturated heterocycles. The lowest BCUT2D eigenvalue weighted by Gasteiger charge is -2.35. The average molecular weight is 341 g/mol. The van der Waals surface area contributed by atoms with E-state index in [1.54, 1.807) is 6.07 Å². The van der Waals surface area contributed by atoms with Crippen LogP contribution in [0, 0.1) is 11.6 Å². The van der Waals surface area contributed by atoms with Gasteiger partial charge in [0.05, 0.1) is 6.26 Å². The molecule has 23 heavy (non-hydrogen) atoms. The number of hydrogen-bond acceptors (Lipinski definition) is 4. The molecule has 1 fully saturated rings. The summed E-state index contributed by atoms with van der Waals surface area (Å²) >= 11 is 0. The van der Waals surface area contributed by atoms with Gasteiger partial charge in [-0.3, -0.25) is 4.98 Å². The molecule has 124 valence electrons. The summed E-state index contributed by atoms with van der Waals surface area (Å²) in [6, 6.07) is 3.54. The van der Waals surface area contributed by atoms with Crippen LogP contribution in [0.2, 0.25) is 0 Å². The third-order valence-electron chi connectivity index (χ3n) is 3.88. The second-order valence-corrected chi connectivity index (χ2v) is 7.57. The van der Waals surface area contributed by atoms with Crippen molar-refractivity contribution < 1.29 is 17.2 Å². The number of sulfonamides is 1. The fourth-order valence-corrected chi connectivity index (χ4v) is 3.83. The topological polar surface area (TPSA) is 62.3 Å². The number of rotatable bonds is 3. The molecule has 0 amide bonds. The van der Waals surface area contributed by atoms with E-state index in [1.165, 1.54) is 12.3 Å². The zero-order chi connectivity index (χ0) is 16.6. The first-order valence-electron chi connectivity index (χ1n) is 7.29. The quantitative estimate of drug-likeness (QED) is 0.928. The Morgan fingerprint density at radius 1 is 1.35 bits per heavy atom. The van der Waals surface area contributed by atoms with Crippen LogP contribution in [0.5, 0.6) is 0 Å². The molecule has 2 heterocycles.